The standard InChI is InChI=1S/C7H7BrF2N2O3S/c1-15-4-2-3(16(11,13)14)5(8)6(12-4)7(9)10/h2,7H,1H3,(H2,11,13,14). The van der Waals surface area contributed by atoms with Gasteiger partial charge in [0.2, 0.25) is 15.9 Å². The zero-order valence-corrected chi connectivity index (χ0v) is 10.3. The van der Waals surface area contributed by atoms with Crippen molar-refractivity contribution in [2.75, 3.05) is 7.11 Å². The molecule has 0 aliphatic rings. The first-order valence-corrected chi connectivity index (χ1v) is 6.16. The van der Waals surface area contributed by atoms with E-state index in [0.29, 0.717) is 0 Å². The second-order valence-corrected chi connectivity index (χ2v) is 5.03. The first kappa shape index (κ1) is 13.3. The minimum atomic E-state index is -4.12. The van der Waals surface area contributed by atoms with Crippen LogP contribution in [-0.4, -0.2) is 20.5 Å². The predicted molar refractivity (Wildman–Crippen MR) is 54.8 cm³/mol. The van der Waals surface area contributed by atoms with Crippen LogP contribution in [0.3, 0.4) is 0 Å². The van der Waals surface area contributed by atoms with Crippen LogP contribution in [0, 0.1) is 0 Å². The van der Waals surface area contributed by atoms with Crippen LogP contribution in [0.1, 0.15) is 12.1 Å². The van der Waals surface area contributed by atoms with Gasteiger partial charge in [-0.25, -0.2) is 27.3 Å². The van der Waals surface area contributed by atoms with Gasteiger partial charge < -0.3 is 4.74 Å². The van der Waals surface area contributed by atoms with Gasteiger partial charge in [0.15, 0.2) is 0 Å². The van der Waals surface area contributed by atoms with Gasteiger partial charge in [0, 0.05) is 6.07 Å². The van der Waals surface area contributed by atoms with Gasteiger partial charge in [-0.1, -0.05) is 0 Å². The Morgan fingerprint density at radius 3 is 2.50 bits per heavy atom. The second-order valence-electron chi connectivity index (χ2n) is 2.71. The van der Waals surface area contributed by atoms with Gasteiger partial charge in [0.1, 0.15) is 10.6 Å². The largest absolute Gasteiger partial charge is 0.481 e. The summed E-state index contributed by atoms with van der Waals surface area (Å²) in [7, 11) is -2.94. The Bertz CT molecular complexity index is 507. The fraction of sp³-hybridized carbons (Fsp3) is 0.286. The highest BCUT2D eigenvalue weighted by molar-refractivity contribution is 9.10. The third-order valence-corrected chi connectivity index (χ3v) is 3.68. The topological polar surface area (TPSA) is 82.3 Å². The molecule has 1 heterocycles. The summed E-state index contributed by atoms with van der Waals surface area (Å²) < 4.78 is 51.5. The van der Waals surface area contributed by atoms with Crippen LogP contribution in [0.15, 0.2) is 15.4 Å². The highest BCUT2D eigenvalue weighted by atomic mass is 79.9. The van der Waals surface area contributed by atoms with Crippen molar-refractivity contribution in [3.63, 3.8) is 0 Å². The maximum absolute atomic E-state index is 12.5. The van der Waals surface area contributed by atoms with Gasteiger partial charge >= 0.3 is 0 Å². The van der Waals surface area contributed by atoms with Gasteiger partial charge in [0.25, 0.3) is 6.43 Å². The van der Waals surface area contributed by atoms with Crippen molar-refractivity contribution >= 4 is 26.0 Å². The lowest BCUT2D eigenvalue weighted by Crippen LogP contribution is -2.14. The van der Waals surface area contributed by atoms with E-state index in [1.807, 2.05) is 0 Å². The van der Waals surface area contributed by atoms with E-state index in [4.69, 9.17) is 5.14 Å². The SMILES string of the molecule is COc1cc(S(N)(=O)=O)c(Br)c(C(F)F)n1. The summed E-state index contributed by atoms with van der Waals surface area (Å²) in [5.74, 6) is -0.248. The molecule has 0 saturated carbocycles. The molecule has 0 aliphatic heterocycles. The Labute approximate surface area is 98.8 Å². The third kappa shape index (κ3) is 2.66. The number of alkyl halides is 2. The van der Waals surface area contributed by atoms with Crippen molar-refractivity contribution in [3.8, 4) is 5.88 Å². The number of rotatable bonds is 3. The molecule has 2 N–H and O–H groups in total. The minimum absolute atomic E-state index is 0.248. The lowest BCUT2D eigenvalue weighted by Gasteiger charge is -2.09. The van der Waals surface area contributed by atoms with Crippen molar-refractivity contribution in [2.24, 2.45) is 5.14 Å². The summed E-state index contributed by atoms with van der Waals surface area (Å²) in [6, 6.07) is 0.964. The number of primary sulfonamides is 1. The van der Waals surface area contributed by atoms with Crippen LogP contribution < -0.4 is 9.88 Å². The van der Waals surface area contributed by atoms with Gasteiger partial charge in [-0.15, -0.1) is 0 Å². The number of nitrogens with two attached hydrogens (primary N) is 1. The highest BCUT2D eigenvalue weighted by Crippen LogP contribution is 2.33. The van der Waals surface area contributed by atoms with E-state index in [-0.39, 0.29) is 10.4 Å². The Morgan fingerprint density at radius 2 is 2.12 bits per heavy atom. The van der Waals surface area contributed by atoms with Crippen LogP contribution >= 0.6 is 15.9 Å². The van der Waals surface area contributed by atoms with Crippen LogP contribution in [0.2, 0.25) is 0 Å². The number of hydrogen-bond acceptors (Lipinski definition) is 4. The van der Waals surface area contributed by atoms with Gasteiger partial charge in [-0.05, 0) is 15.9 Å². The number of halogens is 3. The molecule has 0 atom stereocenters. The molecular weight excluding hydrogens is 310 g/mol. The average molecular weight is 317 g/mol. The zero-order chi connectivity index (χ0) is 12.5. The molecule has 0 unspecified atom stereocenters. The van der Waals surface area contributed by atoms with E-state index in [1.165, 1.54) is 7.11 Å². The second kappa shape index (κ2) is 4.60. The molecule has 5 nitrogen and oxygen atoms in total. The minimum Gasteiger partial charge on any atom is -0.481 e. The maximum atomic E-state index is 12.5. The zero-order valence-electron chi connectivity index (χ0n) is 7.95. The Kier molecular flexibility index (Phi) is 3.81. The molecule has 0 saturated heterocycles. The Morgan fingerprint density at radius 1 is 1.56 bits per heavy atom. The quantitative estimate of drug-likeness (QED) is 0.914. The van der Waals surface area contributed by atoms with Crippen molar-refractivity contribution in [3.05, 3.63) is 16.2 Å². The van der Waals surface area contributed by atoms with E-state index in [9.17, 15) is 17.2 Å². The molecule has 0 fully saturated rings. The smallest absolute Gasteiger partial charge is 0.281 e. The number of aromatic nitrogens is 1. The summed E-state index contributed by atoms with van der Waals surface area (Å²) in [5.41, 5.74) is -0.733. The summed E-state index contributed by atoms with van der Waals surface area (Å²) in [5, 5.41) is 4.86. The van der Waals surface area contributed by atoms with Gasteiger partial charge in [0.05, 0.1) is 11.6 Å². The molecule has 0 radical (unpaired) electrons. The third-order valence-electron chi connectivity index (χ3n) is 1.65. The van der Waals surface area contributed by atoms with E-state index in [1.54, 1.807) is 0 Å². The fourth-order valence-electron chi connectivity index (χ4n) is 0.958. The molecule has 1 rings (SSSR count). The summed E-state index contributed by atoms with van der Waals surface area (Å²) >= 11 is 2.72. The number of sulfonamides is 1. The van der Waals surface area contributed by atoms with Crippen LogP contribution in [-0.2, 0) is 10.0 Å². The van der Waals surface area contributed by atoms with Crippen LogP contribution in [0.25, 0.3) is 0 Å². The summed E-state index contributed by atoms with van der Waals surface area (Å²) in [6.45, 7) is 0. The number of nitrogens with zero attached hydrogens (tertiary/aromatic N) is 1. The lowest BCUT2D eigenvalue weighted by molar-refractivity contribution is 0.143. The molecular formula is C7H7BrF2N2O3S. The molecule has 0 aromatic carbocycles. The maximum Gasteiger partial charge on any atom is 0.281 e. The molecule has 0 amide bonds. The number of ether oxygens (including phenoxy) is 1. The normalized spacial score (nSPS) is 11.9. The van der Waals surface area contributed by atoms with Gasteiger partial charge in [-0.2, -0.15) is 0 Å². The predicted octanol–water partition coefficient (Wildman–Crippen LogP) is 1.44. The monoisotopic (exact) mass is 316 g/mol. The lowest BCUT2D eigenvalue weighted by atomic mass is 10.3. The van der Waals surface area contributed by atoms with Crippen molar-refractivity contribution < 1.29 is 21.9 Å². The first-order valence-electron chi connectivity index (χ1n) is 3.82. The van der Waals surface area contributed by atoms with E-state index < -0.39 is 27.0 Å². The molecule has 90 valence electrons. The molecule has 1 aromatic rings. The highest BCUT2D eigenvalue weighted by Gasteiger charge is 2.23. The Hall–Kier alpha value is -0.800. The molecule has 16 heavy (non-hydrogen) atoms. The Balaban J connectivity index is 3.56. The molecule has 9 heteroatoms. The van der Waals surface area contributed by atoms with E-state index in [2.05, 4.69) is 25.7 Å². The summed E-state index contributed by atoms with van der Waals surface area (Å²) in [6.07, 6.45) is -2.94. The molecule has 1 aromatic heterocycles. The van der Waals surface area contributed by atoms with Crippen molar-refractivity contribution in [1.29, 1.82) is 0 Å². The van der Waals surface area contributed by atoms with Crippen LogP contribution in [0.4, 0.5) is 8.78 Å². The van der Waals surface area contributed by atoms with Crippen LogP contribution in [0.5, 0.6) is 5.88 Å². The van der Waals surface area contributed by atoms with Crippen molar-refractivity contribution in [2.45, 2.75) is 11.3 Å². The van der Waals surface area contributed by atoms with Crippen molar-refractivity contribution in [1.82, 2.24) is 4.98 Å². The number of hydrogen-bond donors (Lipinski definition) is 1. The number of methoxy groups -OCH3 is 1. The molecule has 0 bridgehead atoms. The molecule has 0 aliphatic carbocycles. The first-order chi connectivity index (χ1) is 7.27. The number of pyridine rings is 1. The van der Waals surface area contributed by atoms with E-state index in [0.717, 1.165) is 6.07 Å². The summed E-state index contributed by atoms with van der Waals surface area (Å²) in [4.78, 5) is 2.93. The van der Waals surface area contributed by atoms with Gasteiger partial charge in [-0.3, -0.25) is 0 Å². The van der Waals surface area contributed by atoms with E-state index >= 15 is 0 Å². The fourth-order valence-corrected chi connectivity index (χ4v) is 2.63. The average Bonchev–Trinajstić information content (AvgIpc) is 2.15. The molecule has 0 spiro atoms.